The third-order valence-corrected chi connectivity index (χ3v) is 3.60. The van der Waals surface area contributed by atoms with E-state index in [9.17, 15) is 4.79 Å². The Morgan fingerprint density at radius 1 is 1.17 bits per heavy atom. The summed E-state index contributed by atoms with van der Waals surface area (Å²) in [6.07, 6.45) is 0. The summed E-state index contributed by atoms with van der Waals surface area (Å²) in [6.45, 7) is 10.1. The first-order valence-electron chi connectivity index (χ1n) is 6.68. The van der Waals surface area contributed by atoms with E-state index >= 15 is 0 Å². The summed E-state index contributed by atoms with van der Waals surface area (Å²) >= 11 is 0. The number of hydrogen-bond donors (Lipinski definition) is 0. The van der Waals surface area contributed by atoms with Gasteiger partial charge < -0.3 is 4.90 Å². The molecule has 98 valence electrons. The lowest BCUT2D eigenvalue weighted by Crippen LogP contribution is -2.50. The van der Waals surface area contributed by atoms with Crippen molar-refractivity contribution in [2.75, 3.05) is 26.2 Å². The van der Waals surface area contributed by atoms with Crippen molar-refractivity contribution >= 4 is 5.91 Å². The Hall–Kier alpha value is -1.35. The van der Waals surface area contributed by atoms with Crippen molar-refractivity contribution in [2.45, 2.75) is 26.8 Å². The van der Waals surface area contributed by atoms with E-state index in [-0.39, 0.29) is 5.91 Å². The van der Waals surface area contributed by atoms with Crippen LogP contribution >= 0.6 is 0 Å². The van der Waals surface area contributed by atoms with E-state index in [1.807, 2.05) is 36.1 Å². The van der Waals surface area contributed by atoms with Crippen LogP contribution in [0.3, 0.4) is 0 Å². The molecule has 18 heavy (non-hydrogen) atoms. The van der Waals surface area contributed by atoms with Crippen LogP contribution in [0.25, 0.3) is 0 Å². The largest absolute Gasteiger partial charge is 0.336 e. The summed E-state index contributed by atoms with van der Waals surface area (Å²) in [4.78, 5) is 16.7. The minimum atomic E-state index is 0.169. The third kappa shape index (κ3) is 2.91. The zero-order valence-corrected chi connectivity index (χ0v) is 11.5. The van der Waals surface area contributed by atoms with Gasteiger partial charge in [-0.15, -0.1) is 0 Å². The van der Waals surface area contributed by atoms with E-state index in [2.05, 4.69) is 18.7 Å². The number of hydrogen-bond acceptors (Lipinski definition) is 2. The average Bonchev–Trinajstić information content (AvgIpc) is 2.38. The SMILES string of the molecule is Cc1cccc(C(=O)N2CCN(C(C)C)CC2)c1. The van der Waals surface area contributed by atoms with Gasteiger partial charge >= 0.3 is 0 Å². The predicted octanol–water partition coefficient (Wildman–Crippen LogP) is 2.16. The standard InChI is InChI=1S/C15H22N2O/c1-12(2)16-7-9-17(10-8-16)15(18)14-6-4-5-13(3)11-14/h4-6,11-12H,7-10H2,1-3H3. The van der Waals surface area contributed by atoms with Crippen LogP contribution in [0, 0.1) is 6.92 Å². The predicted molar refractivity (Wildman–Crippen MR) is 73.8 cm³/mol. The number of carbonyl (C=O) groups excluding carboxylic acids is 1. The Balaban J connectivity index is 1.99. The zero-order chi connectivity index (χ0) is 13.1. The van der Waals surface area contributed by atoms with Crippen molar-refractivity contribution in [3.63, 3.8) is 0 Å². The molecule has 0 N–H and O–H groups in total. The highest BCUT2D eigenvalue weighted by atomic mass is 16.2. The molecule has 0 radical (unpaired) electrons. The molecule has 2 rings (SSSR count). The Morgan fingerprint density at radius 2 is 1.83 bits per heavy atom. The highest BCUT2D eigenvalue weighted by Crippen LogP contribution is 2.11. The molecule has 3 heteroatoms. The van der Waals surface area contributed by atoms with Gasteiger partial charge in [0.25, 0.3) is 5.91 Å². The number of aryl methyl sites for hydroxylation is 1. The van der Waals surface area contributed by atoms with Gasteiger partial charge in [-0.2, -0.15) is 0 Å². The van der Waals surface area contributed by atoms with Gasteiger partial charge in [0, 0.05) is 37.8 Å². The fourth-order valence-corrected chi connectivity index (χ4v) is 2.40. The molecule has 1 aliphatic heterocycles. The summed E-state index contributed by atoms with van der Waals surface area (Å²) in [5, 5.41) is 0. The molecule has 1 aromatic carbocycles. The van der Waals surface area contributed by atoms with Gasteiger partial charge in [0.2, 0.25) is 0 Å². The summed E-state index contributed by atoms with van der Waals surface area (Å²) in [7, 11) is 0. The van der Waals surface area contributed by atoms with Gasteiger partial charge in [0.15, 0.2) is 0 Å². The van der Waals surface area contributed by atoms with Crippen molar-refractivity contribution in [1.29, 1.82) is 0 Å². The first kappa shape index (κ1) is 13.1. The first-order chi connectivity index (χ1) is 8.58. The number of piperazine rings is 1. The zero-order valence-electron chi connectivity index (χ0n) is 11.5. The number of nitrogens with zero attached hydrogens (tertiary/aromatic N) is 2. The molecule has 0 saturated carbocycles. The van der Waals surface area contributed by atoms with Crippen LogP contribution in [-0.2, 0) is 0 Å². The second-order valence-electron chi connectivity index (χ2n) is 5.29. The van der Waals surface area contributed by atoms with Crippen LogP contribution in [0.4, 0.5) is 0 Å². The normalized spacial score (nSPS) is 17.2. The highest BCUT2D eigenvalue weighted by molar-refractivity contribution is 5.94. The molecular weight excluding hydrogens is 224 g/mol. The van der Waals surface area contributed by atoms with Crippen LogP contribution in [0.5, 0.6) is 0 Å². The van der Waals surface area contributed by atoms with Crippen LogP contribution < -0.4 is 0 Å². The molecular formula is C15H22N2O. The van der Waals surface area contributed by atoms with Crippen molar-refractivity contribution in [1.82, 2.24) is 9.80 Å². The molecule has 0 aliphatic carbocycles. The molecule has 1 aliphatic rings. The van der Waals surface area contributed by atoms with Gasteiger partial charge in [0.1, 0.15) is 0 Å². The Bertz CT molecular complexity index is 420. The summed E-state index contributed by atoms with van der Waals surface area (Å²) in [5.74, 6) is 0.169. The van der Waals surface area contributed by atoms with Crippen molar-refractivity contribution in [3.05, 3.63) is 35.4 Å². The molecule has 1 aromatic rings. The van der Waals surface area contributed by atoms with Crippen LogP contribution in [-0.4, -0.2) is 47.9 Å². The summed E-state index contributed by atoms with van der Waals surface area (Å²) in [6, 6.07) is 8.42. The van der Waals surface area contributed by atoms with E-state index in [0.29, 0.717) is 6.04 Å². The Labute approximate surface area is 109 Å². The second kappa shape index (κ2) is 5.53. The van der Waals surface area contributed by atoms with E-state index in [1.165, 1.54) is 0 Å². The lowest BCUT2D eigenvalue weighted by Gasteiger charge is -2.37. The molecule has 3 nitrogen and oxygen atoms in total. The molecule has 1 amide bonds. The lowest BCUT2D eigenvalue weighted by atomic mass is 10.1. The van der Waals surface area contributed by atoms with E-state index in [0.717, 1.165) is 37.3 Å². The highest BCUT2D eigenvalue weighted by Gasteiger charge is 2.23. The smallest absolute Gasteiger partial charge is 0.253 e. The topological polar surface area (TPSA) is 23.6 Å². The van der Waals surface area contributed by atoms with Crippen LogP contribution in [0.1, 0.15) is 29.8 Å². The number of carbonyl (C=O) groups is 1. The monoisotopic (exact) mass is 246 g/mol. The molecule has 1 saturated heterocycles. The average molecular weight is 246 g/mol. The van der Waals surface area contributed by atoms with Gasteiger partial charge in [-0.1, -0.05) is 17.7 Å². The van der Waals surface area contributed by atoms with Gasteiger partial charge in [0.05, 0.1) is 0 Å². The van der Waals surface area contributed by atoms with Crippen molar-refractivity contribution < 1.29 is 4.79 Å². The molecule has 1 heterocycles. The molecule has 0 bridgehead atoms. The van der Waals surface area contributed by atoms with E-state index in [1.54, 1.807) is 0 Å². The summed E-state index contributed by atoms with van der Waals surface area (Å²) < 4.78 is 0. The third-order valence-electron chi connectivity index (χ3n) is 3.60. The van der Waals surface area contributed by atoms with Gasteiger partial charge in [-0.05, 0) is 32.9 Å². The Kier molecular flexibility index (Phi) is 4.02. The van der Waals surface area contributed by atoms with Crippen molar-refractivity contribution in [3.8, 4) is 0 Å². The van der Waals surface area contributed by atoms with Crippen LogP contribution in [0.2, 0.25) is 0 Å². The maximum Gasteiger partial charge on any atom is 0.253 e. The number of benzene rings is 1. The molecule has 0 spiro atoms. The second-order valence-corrected chi connectivity index (χ2v) is 5.29. The first-order valence-corrected chi connectivity index (χ1v) is 6.68. The van der Waals surface area contributed by atoms with E-state index in [4.69, 9.17) is 0 Å². The lowest BCUT2D eigenvalue weighted by molar-refractivity contribution is 0.0595. The van der Waals surface area contributed by atoms with Gasteiger partial charge in [-0.3, -0.25) is 9.69 Å². The minimum absolute atomic E-state index is 0.169. The van der Waals surface area contributed by atoms with Crippen LogP contribution in [0.15, 0.2) is 24.3 Å². The fraction of sp³-hybridized carbons (Fsp3) is 0.533. The number of amides is 1. The molecule has 0 aromatic heterocycles. The number of rotatable bonds is 2. The van der Waals surface area contributed by atoms with E-state index < -0.39 is 0 Å². The maximum atomic E-state index is 12.3. The fourth-order valence-electron chi connectivity index (χ4n) is 2.40. The van der Waals surface area contributed by atoms with Crippen molar-refractivity contribution in [2.24, 2.45) is 0 Å². The minimum Gasteiger partial charge on any atom is -0.336 e. The Morgan fingerprint density at radius 3 is 2.39 bits per heavy atom. The maximum absolute atomic E-state index is 12.3. The molecule has 1 fully saturated rings. The molecule has 0 unspecified atom stereocenters. The summed E-state index contributed by atoms with van der Waals surface area (Å²) in [5.41, 5.74) is 1.95. The quantitative estimate of drug-likeness (QED) is 0.798. The van der Waals surface area contributed by atoms with Gasteiger partial charge in [-0.25, -0.2) is 0 Å². The molecule has 0 atom stereocenters.